The number of nitrogens with zero attached hydrogens (tertiary/aromatic N) is 1. The number of esters is 1. The Hall–Kier alpha value is -3.29. The van der Waals surface area contributed by atoms with E-state index in [1.807, 2.05) is 37.4 Å². The number of nitrogens with one attached hydrogen (secondary N) is 2. The third kappa shape index (κ3) is 5.88. The van der Waals surface area contributed by atoms with Crippen LogP contribution < -0.4 is 10.6 Å². The lowest BCUT2D eigenvalue weighted by Crippen LogP contribution is -2.41. The molecule has 0 aliphatic rings. The van der Waals surface area contributed by atoms with Gasteiger partial charge in [0, 0.05) is 24.0 Å². The van der Waals surface area contributed by atoms with Gasteiger partial charge in [-0.05, 0) is 50.6 Å². The predicted octanol–water partition coefficient (Wildman–Crippen LogP) is 2.15. The van der Waals surface area contributed by atoms with Gasteiger partial charge in [-0.1, -0.05) is 0 Å². The van der Waals surface area contributed by atoms with E-state index in [1.54, 1.807) is 19.3 Å². The summed E-state index contributed by atoms with van der Waals surface area (Å²) in [5.74, 6) is -0.527. The minimum Gasteiger partial charge on any atom is -0.467 e. The lowest BCUT2D eigenvalue weighted by molar-refractivity contribution is -0.143. The first-order valence-electron chi connectivity index (χ1n) is 8.52. The van der Waals surface area contributed by atoms with E-state index < -0.39 is 24.5 Å². The number of aryl methyl sites for hydroxylation is 1. The van der Waals surface area contributed by atoms with E-state index in [0.717, 1.165) is 22.7 Å². The van der Waals surface area contributed by atoms with Crippen molar-refractivity contribution < 1.29 is 23.5 Å². The quantitative estimate of drug-likeness (QED) is 0.572. The molecule has 0 saturated carbocycles. The highest BCUT2D eigenvalue weighted by Crippen LogP contribution is 2.18. The summed E-state index contributed by atoms with van der Waals surface area (Å²) in [7, 11) is 0. The molecule has 8 nitrogen and oxygen atoms in total. The standard InChI is InChI=1S/C19H23N3O5/c1-4-20-19(25)21-17(23)12-27-18(24)8-7-15-10-13(2)22(14(15)3)11-16-6-5-9-26-16/h5-10H,4,11-12H2,1-3H3,(H2,20,21,23,25)/b8-7+. The molecule has 2 heterocycles. The Kier molecular flexibility index (Phi) is 6.99. The fourth-order valence-corrected chi connectivity index (χ4v) is 2.51. The number of imide groups is 1. The third-order valence-electron chi connectivity index (χ3n) is 3.84. The number of furan rings is 1. The fraction of sp³-hybridized carbons (Fsp3) is 0.316. The number of urea groups is 1. The van der Waals surface area contributed by atoms with Crippen LogP contribution in [-0.4, -0.2) is 35.6 Å². The first-order chi connectivity index (χ1) is 12.9. The minimum absolute atomic E-state index is 0.389. The number of aromatic nitrogens is 1. The molecule has 0 aromatic carbocycles. The van der Waals surface area contributed by atoms with E-state index in [9.17, 15) is 14.4 Å². The van der Waals surface area contributed by atoms with Gasteiger partial charge in [-0.3, -0.25) is 10.1 Å². The minimum atomic E-state index is -0.695. The molecule has 0 fully saturated rings. The van der Waals surface area contributed by atoms with Crippen LogP contribution in [0, 0.1) is 13.8 Å². The van der Waals surface area contributed by atoms with Gasteiger partial charge >= 0.3 is 12.0 Å². The summed E-state index contributed by atoms with van der Waals surface area (Å²) in [5, 5.41) is 4.45. The maximum atomic E-state index is 11.8. The summed E-state index contributed by atoms with van der Waals surface area (Å²) in [6.07, 6.45) is 4.51. The molecule has 3 amide bonds. The van der Waals surface area contributed by atoms with Crippen molar-refractivity contribution in [3.63, 3.8) is 0 Å². The van der Waals surface area contributed by atoms with E-state index in [2.05, 4.69) is 9.88 Å². The zero-order valence-corrected chi connectivity index (χ0v) is 15.6. The van der Waals surface area contributed by atoms with Crippen LogP contribution in [0.2, 0.25) is 0 Å². The smallest absolute Gasteiger partial charge is 0.331 e. The molecule has 144 valence electrons. The van der Waals surface area contributed by atoms with Gasteiger partial charge < -0.3 is 19.0 Å². The highest BCUT2D eigenvalue weighted by Gasteiger charge is 2.11. The molecule has 0 unspecified atom stereocenters. The van der Waals surface area contributed by atoms with Crippen molar-refractivity contribution in [2.75, 3.05) is 13.2 Å². The molecule has 0 bridgehead atoms. The molecule has 0 saturated heterocycles. The molecule has 2 N–H and O–H groups in total. The van der Waals surface area contributed by atoms with Crippen molar-refractivity contribution in [1.29, 1.82) is 0 Å². The van der Waals surface area contributed by atoms with Crippen molar-refractivity contribution >= 4 is 24.0 Å². The fourth-order valence-electron chi connectivity index (χ4n) is 2.51. The van der Waals surface area contributed by atoms with Gasteiger partial charge in [0.15, 0.2) is 6.61 Å². The number of ether oxygens (including phenoxy) is 1. The summed E-state index contributed by atoms with van der Waals surface area (Å²) < 4.78 is 12.3. The van der Waals surface area contributed by atoms with Crippen molar-refractivity contribution in [2.45, 2.75) is 27.3 Å². The second-order valence-electron chi connectivity index (χ2n) is 5.84. The summed E-state index contributed by atoms with van der Waals surface area (Å²) in [4.78, 5) is 34.4. The summed E-state index contributed by atoms with van der Waals surface area (Å²) in [6, 6.07) is 5.06. The lowest BCUT2D eigenvalue weighted by atomic mass is 10.2. The Balaban J connectivity index is 1.90. The largest absolute Gasteiger partial charge is 0.467 e. The van der Waals surface area contributed by atoms with Crippen LogP contribution in [0.5, 0.6) is 0 Å². The molecule has 8 heteroatoms. The van der Waals surface area contributed by atoms with Crippen LogP contribution in [0.3, 0.4) is 0 Å². The van der Waals surface area contributed by atoms with E-state index in [1.165, 1.54) is 6.08 Å². The first kappa shape index (κ1) is 20.0. The number of carbonyl (C=O) groups excluding carboxylic acids is 3. The van der Waals surface area contributed by atoms with Gasteiger partial charge in [0.1, 0.15) is 5.76 Å². The van der Waals surface area contributed by atoms with Gasteiger partial charge in [-0.25, -0.2) is 9.59 Å². The molecule has 2 rings (SSSR count). The van der Waals surface area contributed by atoms with Gasteiger partial charge in [0.2, 0.25) is 0 Å². The van der Waals surface area contributed by atoms with Crippen LogP contribution >= 0.6 is 0 Å². The van der Waals surface area contributed by atoms with Crippen LogP contribution in [0.4, 0.5) is 4.79 Å². The summed E-state index contributed by atoms with van der Waals surface area (Å²) in [5.41, 5.74) is 2.86. The van der Waals surface area contributed by atoms with E-state index in [0.29, 0.717) is 13.1 Å². The third-order valence-corrected chi connectivity index (χ3v) is 3.84. The number of rotatable bonds is 7. The van der Waals surface area contributed by atoms with Crippen LogP contribution in [0.1, 0.15) is 29.6 Å². The zero-order valence-electron chi connectivity index (χ0n) is 15.6. The van der Waals surface area contributed by atoms with Gasteiger partial charge in [-0.2, -0.15) is 0 Å². The summed E-state index contributed by atoms with van der Waals surface area (Å²) >= 11 is 0. The molecular weight excluding hydrogens is 350 g/mol. The van der Waals surface area contributed by atoms with Crippen LogP contribution in [0.25, 0.3) is 6.08 Å². The number of carbonyl (C=O) groups is 3. The predicted molar refractivity (Wildman–Crippen MR) is 98.9 cm³/mol. The Bertz CT molecular complexity index is 834. The van der Waals surface area contributed by atoms with Crippen molar-refractivity contribution in [3.8, 4) is 0 Å². The normalized spacial score (nSPS) is 10.8. The van der Waals surface area contributed by atoms with Crippen molar-refractivity contribution in [1.82, 2.24) is 15.2 Å². The molecule has 0 aliphatic heterocycles. The second-order valence-corrected chi connectivity index (χ2v) is 5.84. The Morgan fingerprint density at radius 1 is 1.30 bits per heavy atom. The van der Waals surface area contributed by atoms with E-state index in [-0.39, 0.29) is 0 Å². The van der Waals surface area contributed by atoms with Gasteiger partial charge in [0.25, 0.3) is 5.91 Å². The van der Waals surface area contributed by atoms with Crippen LogP contribution in [-0.2, 0) is 20.9 Å². The van der Waals surface area contributed by atoms with Gasteiger partial charge in [-0.15, -0.1) is 0 Å². The van der Waals surface area contributed by atoms with Crippen molar-refractivity contribution in [2.24, 2.45) is 0 Å². The molecule has 0 radical (unpaired) electrons. The first-order valence-corrected chi connectivity index (χ1v) is 8.52. The Morgan fingerprint density at radius 2 is 2.07 bits per heavy atom. The highest BCUT2D eigenvalue weighted by atomic mass is 16.5. The van der Waals surface area contributed by atoms with Gasteiger partial charge in [0.05, 0.1) is 12.8 Å². The average molecular weight is 373 g/mol. The maximum absolute atomic E-state index is 11.8. The molecule has 0 aliphatic carbocycles. The van der Waals surface area contributed by atoms with E-state index in [4.69, 9.17) is 9.15 Å². The Morgan fingerprint density at radius 3 is 2.74 bits per heavy atom. The second kappa shape index (κ2) is 9.42. The topological polar surface area (TPSA) is 103 Å². The number of amides is 3. The number of hydrogen-bond donors (Lipinski definition) is 2. The maximum Gasteiger partial charge on any atom is 0.331 e. The van der Waals surface area contributed by atoms with Crippen molar-refractivity contribution in [3.05, 3.63) is 53.2 Å². The van der Waals surface area contributed by atoms with E-state index >= 15 is 0 Å². The average Bonchev–Trinajstić information content (AvgIpc) is 3.22. The molecule has 27 heavy (non-hydrogen) atoms. The molecular formula is C19H23N3O5. The molecule has 0 spiro atoms. The van der Waals surface area contributed by atoms with Crippen LogP contribution in [0.15, 0.2) is 35.0 Å². The molecule has 0 atom stereocenters. The molecule has 2 aromatic rings. The number of hydrogen-bond acceptors (Lipinski definition) is 5. The lowest BCUT2D eigenvalue weighted by Gasteiger charge is -2.07. The highest BCUT2D eigenvalue weighted by molar-refractivity contribution is 5.96. The Labute approximate surface area is 157 Å². The SMILES string of the molecule is CCNC(=O)NC(=O)COC(=O)/C=C/c1cc(C)n(Cc2ccco2)c1C. The monoisotopic (exact) mass is 373 g/mol. The summed E-state index contributed by atoms with van der Waals surface area (Å²) in [6.45, 7) is 6.10. The molecule has 2 aromatic heterocycles. The zero-order chi connectivity index (χ0) is 19.8.